The van der Waals surface area contributed by atoms with Gasteiger partial charge in [0.15, 0.2) is 5.41 Å². The van der Waals surface area contributed by atoms with Crippen molar-refractivity contribution < 1.29 is 30.0 Å². The second-order valence-corrected chi connectivity index (χ2v) is 3.90. The van der Waals surface area contributed by atoms with E-state index >= 15 is 0 Å². The molecule has 14 heavy (non-hydrogen) atoms. The van der Waals surface area contributed by atoms with E-state index < -0.39 is 41.4 Å². The molecule has 0 aromatic carbocycles. The van der Waals surface area contributed by atoms with Crippen LogP contribution in [0.25, 0.3) is 0 Å². The average Bonchev–Trinajstić information content (AvgIpc) is 2.65. The number of hydrogen-bond donors (Lipinski definition) is 4. The van der Waals surface area contributed by atoms with Crippen molar-refractivity contribution >= 4 is 11.9 Å². The van der Waals surface area contributed by atoms with Gasteiger partial charge in [-0.25, -0.2) is 0 Å². The number of hydrogen-bond acceptors (Lipinski definition) is 4. The van der Waals surface area contributed by atoms with Crippen LogP contribution in [0.3, 0.4) is 0 Å². The van der Waals surface area contributed by atoms with Gasteiger partial charge in [-0.3, -0.25) is 9.59 Å². The van der Waals surface area contributed by atoms with Gasteiger partial charge in [0, 0.05) is 11.8 Å². The maximum absolute atomic E-state index is 10.8. The summed E-state index contributed by atoms with van der Waals surface area (Å²) in [6, 6.07) is 0. The quantitative estimate of drug-likeness (QED) is 0.406. The highest BCUT2D eigenvalue weighted by molar-refractivity contribution is 6.03. The van der Waals surface area contributed by atoms with Crippen molar-refractivity contribution in [3.63, 3.8) is 0 Å². The molecule has 0 heterocycles. The molecule has 0 bridgehead atoms. The van der Waals surface area contributed by atoms with Crippen molar-refractivity contribution in [3.8, 4) is 0 Å². The summed E-state index contributed by atoms with van der Waals surface area (Å²) >= 11 is 0. The molecular formula is C8H10O6. The lowest BCUT2D eigenvalue weighted by molar-refractivity contribution is -0.161. The zero-order valence-electron chi connectivity index (χ0n) is 7.12. The summed E-state index contributed by atoms with van der Waals surface area (Å²) in [5.74, 6) is -4.63. The third kappa shape index (κ3) is 0.777. The molecule has 0 aromatic rings. The van der Waals surface area contributed by atoms with E-state index in [9.17, 15) is 19.8 Å². The summed E-state index contributed by atoms with van der Waals surface area (Å²) in [6.45, 7) is 0. The second kappa shape index (κ2) is 2.46. The second-order valence-electron chi connectivity index (χ2n) is 3.90. The van der Waals surface area contributed by atoms with Gasteiger partial charge in [0.1, 0.15) is 0 Å². The number of carboxylic acid groups (broad SMARTS) is 2. The minimum absolute atomic E-state index is 0.0671. The molecule has 2 rings (SSSR count). The fourth-order valence-electron chi connectivity index (χ4n) is 2.73. The Kier molecular flexibility index (Phi) is 1.65. The minimum Gasteiger partial charge on any atom is -0.480 e. The minimum atomic E-state index is -1.96. The molecule has 2 saturated carbocycles. The van der Waals surface area contributed by atoms with E-state index in [1.165, 1.54) is 0 Å². The molecule has 2 aliphatic carbocycles. The van der Waals surface area contributed by atoms with Crippen LogP contribution >= 0.6 is 0 Å². The molecule has 6 heteroatoms. The van der Waals surface area contributed by atoms with Crippen molar-refractivity contribution in [1.82, 2.24) is 0 Å². The molecule has 0 radical (unpaired) electrons. The predicted molar refractivity (Wildman–Crippen MR) is 41.3 cm³/mol. The zero-order valence-corrected chi connectivity index (χ0v) is 7.12. The molecule has 0 aromatic heterocycles. The lowest BCUT2D eigenvalue weighted by atomic mass is 9.93. The first-order valence-corrected chi connectivity index (χ1v) is 4.27. The molecule has 0 aliphatic heterocycles. The monoisotopic (exact) mass is 202 g/mol. The highest BCUT2D eigenvalue weighted by Gasteiger charge is 2.82. The van der Waals surface area contributed by atoms with Gasteiger partial charge < -0.3 is 20.4 Å². The van der Waals surface area contributed by atoms with Gasteiger partial charge in [0.05, 0.1) is 12.2 Å². The molecule has 0 amide bonds. The maximum atomic E-state index is 10.8. The normalized spacial score (nSPS) is 43.0. The van der Waals surface area contributed by atoms with Crippen molar-refractivity contribution in [2.75, 3.05) is 0 Å². The maximum Gasteiger partial charge on any atom is 0.321 e. The van der Waals surface area contributed by atoms with Gasteiger partial charge >= 0.3 is 11.9 Å². The molecule has 4 N–H and O–H groups in total. The molecule has 4 atom stereocenters. The molecular weight excluding hydrogens is 192 g/mol. The molecule has 78 valence electrons. The van der Waals surface area contributed by atoms with Crippen LogP contribution in [0.15, 0.2) is 0 Å². The van der Waals surface area contributed by atoms with Crippen molar-refractivity contribution in [1.29, 1.82) is 0 Å². The molecule has 6 nitrogen and oxygen atoms in total. The van der Waals surface area contributed by atoms with Crippen molar-refractivity contribution in [3.05, 3.63) is 0 Å². The van der Waals surface area contributed by atoms with Gasteiger partial charge in [0.25, 0.3) is 0 Å². The van der Waals surface area contributed by atoms with E-state index in [2.05, 4.69) is 0 Å². The fourth-order valence-corrected chi connectivity index (χ4v) is 2.73. The third-order valence-electron chi connectivity index (χ3n) is 3.35. The van der Waals surface area contributed by atoms with Gasteiger partial charge in [0.2, 0.25) is 0 Å². The summed E-state index contributed by atoms with van der Waals surface area (Å²) in [6.07, 6.45) is -1.98. The summed E-state index contributed by atoms with van der Waals surface area (Å²) in [4.78, 5) is 21.7. The predicted octanol–water partition coefficient (Wildman–Crippen LogP) is -1.49. The van der Waals surface area contributed by atoms with Crippen LogP contribution in [0.4, 0.5) is 0 Å². The molecule has 2 aliphatic rings. The summed E-state index contributed by atoms with van der Waals surface area (Å²) in [5, 5.41) is 36.3. The van der Waals surface area contributed by atoms with Crippen LogP contribution in [0, 0.1) is 17.3 Å². The first-order chi connectivity index (χ1) is 6.44. The van der Waals surface area contributed by atoms with Crippen LogP contribution < -0.4 is 0 Å². The molecule has 0 saturated heterocycles. The highest BCUT2D eigenvalue weighted by Crippen LogP contribution is 2.67. The van der Waals surface area contributed by atoms with Crippen molar-refractivity contribution in [2.24, 2.45) is 17.3 Å². The van der Waals surface area contributed by atoms with E-state index in [1.54, 1.807) is 0 Å². The number of aliphatic hydroxyl groups excluding tert-OH is 2. The Bertz CT molecular complexity index is 281. The Balaban J connectivity index is 2.36. The number of aliphatic hydroxyl groups is 2. The van der Waals surface area contributed by atoms with E-state index in [-0.39, 0.29) is 6.42 Å². The van der Waals surface area contributed by atoms with Crippen LogP contribution in [-0.4, -0.2) is 44.6 Å². The Morgan fingerprint density at radius 1 is 1.00 bits per heavy atom. The number of aliphatic carboxylic acids is 2. The Morgan fingerprint density at radius 3 is 1.57 bits per heavy atom. The highest BCUT2D eigenvalue weighted by atomic mass is 16.4. The number of rotatable bonds is 2. The molecule has 4 unspecified atom stereocenters. The standard InChI is InChI=1S/C8H10O6/c9-2-1-3(10)5-4(2)8(5,6(11)12)7(13)14/h2-5,9-10H,1H2,(H,11,12)(H,13,14). The van der Waals surface area contributed by atoms with Crippen LogP contribution in [0.1, 0.15) is 6.42 Å². The largest absolute Gasteiger partial charge is 0.480 e. The van der Waals surface area contributed by atoms with Crippen LogP contribution in [0.2, 0.25) is 0 Å². The van der Waals surface area contributed by atoms with Crippen molar-refractivity contribution in [2.45, 2.75) is 18.6 Å². The van der Waals surface area contributed by atoms with E-state index in [4.69, 9.17) is 10.2 Å². The summed E-state index contributed by atoms with van der Waals surface area (Å²) in [7, 11) is 0. The number of carbonyl (C=O) groups is 2. The Labute approximate surface area is 78.8 Å². The van der Waals surface area contributed by atoms with E-state index in [0.29, 0.717) is 0 Å². The van der Waals surface area contributed by atoms with E-state index in [1.807, 2.05) is 0 Å². The van der Waals surface area contributed by atoms with Crippen LogP contribution in [-0.2, 0) is 9.59 Å². The fraction of sp³-hybridized carbons (Fsp3) is 0.750. The third-order valence-corrected chi connectivity index (χ3v) is 3.35. The lowest BCUT2D eigenvalue weighted by Gasteiger charge is -2.16. The number of carboxylic acids is 2. The SMILES string of the molecule is O=C(O)C1(C(=O)O)C2C(O)CC(O)C21. The van der Waals surface area contributed by atoms with Gasteiger partial charge in [-0.15, -0.1) is 0 Å². The van der Waals surface area contributed by atoms with E-state index in [0.717, 1.165) is 0 Å². The zero-order chi connectivity index (χ0) is 10.7. The summed E-state index contributed by atoms with van der Waals surface area (Å²) in [5.41, 5.74) is -1.96. The smallest absolute Gasteiger partial charge is 0.321 e. The Morgan fingerprint density at radius 2 is 1.36 bits per heavy atom. The topological polar surface area (TPSA) is 115 Å². The van der Waals surface area contributed by atoms with Gasteiger partial charge in [-0.05, 0) is 6.42 Å². The van der Waals surface area contributed by atoms with Gasteiger partial charge in [-0.1, -0.05) is 0 Å². The Hall–Kier alpha value is -1.14. The number of fused-ring (bicyclic) bond motifs is 1. The first-order valence-electron chi connectivity index (χ1n) is 4.27. The van der Waals surface area contributed by atoms with Gasteiger partial charge in [-0.2, -0.15) is 0 Å². The lowest BCUT2D eigenvalue weighted by Crippen LogP contribution is -2.36. The molecule has 2 fully saturated rings. The molecule has 0 spiro atoms. The first kappa shape index (κ1) is 9.42. The summed E-state index contributed by atoms with van der Waals surface area (Å²) < 4.78 is 0. The van der Waals surface area contributed by atoms with Crippen LogP contribution in [0.5, 0.6) is 0 Å². The average molecular weight is 202 g/mol.